The van der Waals surface area contributed by atoms with Crippen molar-refractivity contribution in [3.63, 3.8) is 0 Å². The molecule has 6 nitrogen and oxygen atoms in total. The summed E-state index contributed by atoms with van der Waals surface area (Å²) in [6.07, 6.45) is 4.51. The molecule has 6 heteroatoms. The minimum atomic E-state index is -0.199. The number of rotatable bonds is 6. The predicted molar refractivity (Wildman–Crippen MR) is 96.1 cm³/mol. The van der Waals surface area contributed by atoms with Crippen molar-refractivity contribution in [2.75, 3.05) is 27.8 Å². The van der Waals surface area contributed by atoms with Crippen LogP contribution in [0.5, 0.6) is 11.5 Å². The molecule has 2 unspecified atom stereocenters. The van der Waals surface area contributed by atoms with Gasteiger partial charge in [-0.25, -0.2) is 0 Å². The molecule has 2 rings (SSSR count). The maximum atomic E-state index is 12.3. The SMILES string of the molecule is COc1cccc(C(=O)N(C)C)c1OCC(=O)NC1CCCCC1C. The number of hydrogen-bond acceptors (Lipinski definition) is 4. The minimum Gasteiger partial charge on any atom is -0.493 e. The van der Waals surface area contributed by atoms with Crippen LogP contribution in [-0.2, 0) is 4.79 Å². The summed E-state index contributed by atoms with van der Waals surface area (Å²) in [5, 5.41) is 3.05. The van der Waals surface area contributed by atoms with Crippen molar-refractivity contribution in [2.24, 2.45) is 5.92 Å². The number of hydrogen-bond donors (Lipinski definition) is 1. The quantitative estimate of drug-likeness (QED) is 0.857. The van der Waals surface area contributed by atoms with Crippen molar-refractivity contribution in [3.8, 4) is 11.5 Å². The average molecular weight is 348 g/mol. The number of carbonyl (C=O) groups is 2. The molecule has 1 N–H and O–H groups in total. The third kappa shape index (κ3) is 4.87. The maximum Gasteiger partial charge on any atom is 0.258 e. The Kier molecular flexibility index (Phi) is 6.67. The first kappa shape index (κ1) is 19.1. The van der Waals surface area contributed by atoms with Gasteiger partial charge in [0, 0.05) is 20.1 Å². The van der Waals surface area contributed by atoms with E-state index < -0.39 is 0 Å². The molecular formula is C19H28N2O4. The normalized spacial score (nSPS) is 19.8. The number of ether oxygens (including phenoxy) is 2. The molecule has 2 amide bonds. The standard InChI is InChI=1S/C19H28N2O4/c1-13-8-5-6-10-15(13)20-17(22)12-25-18-14(19(23)21(2)3)9-7-11-16(18)24-4/h7,9,11,13,15H,5-6,8,10,12H2,1-4H3,(H,20,22). The summed E-state index contributed by atoms with van der Waals surface area (Å²) in [7, 11) is 4.85. The molecule has 1 fully saturated rings. The molecule has 138 valence electrons. The second-order valence-electron chi connectivity index (χ2n) is 6.76. The zero-order valence-electron chi connectivity index (χ0n) is 15.5. The van der Waals surface area contributed by atoms with E-state index in [0.717, 1.165) is 19.3 Å². The Labute approximate surface area is 149 Å². The first-order chi connectivity index (χ1) is 11.9. The van der Waals surface area contributed by atoms with Crippen molar-refractivity contribution in [3.05, 3.63) is 23.8 Å². The lowest BCUT2D eigenvalue weighted by atomic mass is 9.86. The number of nitrogens with zero attached hydrogens (tertiary/aromatic N) is 1. The fourth-order valence-corrected chi connectivity index (χ4v) is 3.15. The van der Waals surface area contributed by atoms with Crippen LogP contribution in [0.2, 0.25) is 0 Å². The molecular weight excluding hydrogens is 320 g/mol. The van der Waals surface area contributed by atoms with Gasteiger partial charge in [0.15, 0.2) is 18.1 Å². The van der Waals surface area contributed by atoms with Gasteiger partial charge in [0.1, 0.15) is 0 Å². The fourth-order valence-electron chi connectivity index (χ4n) is 3.15. The topological polar surface area (TPSA) is 67.9 Å². The molecule has 1 aliphatic rings. The number of amides is 2. The molecule has 0 heterocycles. The van der Waals surface area contributed by atoms with Crippen LogP contribution >= 0.6 is 0 Å². The highest BCUT2D eigenvalue weighted by atomic mass is 16.5. The van der Waals surface area contributed by atoms with Crippen LogP contribution in [0.4, 0.5) is 0 Å². The summed E-state index contributed by atoms with van der Waals surface area (Å²) < 4.78 is 11.0. The lowest BCUT2D eigenvalue weighted by Crippen LogP contribution is -2.43. The first-order valence-corrected chi connectivity index (χ1v) is 8.74. The number of carbonyl (C=O) groups excluding carboxylic acids is 2. The minimum absolute atomic E-state index is 0.142. The van der Waals surface area contributed by atoms with Crippen LogP contribution < -0.4 is 14.8 Å². The van der Waals surface area contributed by atoms with Crippen LogP contribution in [0.25, 0.3) is 0 Å². The van der Waals surface area contributed by atoms with Crippen LogP contribution in [-0.4, -0.2) is 50.6 Å². The predicted octanol–water partition coefficient (Wildman–Crippen LogP) is 2.47. The number of para-hydroxylation sites is 1. The van der Waals surface area contributed by atoms with E-state index in [9.17, 15) is 9.59 Å². The molecule has 2 atom stereocenters. The lowest BCUT2D eigenvalue weighted by molar-refractivity contribution is -0.124. The van der Waals surface area contributed by atoms with Gasteiger partial charge in [0.05, 0.1) is 12.7 Å². The van der Waals surface area contributed by atoms with E-state index in [4.69, 9.17) is 9.47 Å². The van der Waals surface area contributed by atoms with E-state index in [0.29, 0.717) is 23.0 Å². The van der Waals surface area contributed by atoms with Crippen molar-refractivity contribution in [1.82, 2.24) is 10.2 Å². The van der Waals surface area contributed by atoms with E-state index in [2.05, 4.69) is 12.2 Å². The first-order valence-electron chi connectivity index (χ1n) is 8.74. The third-order valence-electron chi connectivity index (χ3n) is 4.64. The van der Waals surface area contributed by atoms with Gasteiger partial charge >= 0.3 is 0 Å². The van der Waals surface area contributed by atoms with Crippen molar-refractivity contribution in [2.45, 2.75) is 38.6 Å². The molecule has 25 heavy (non-hydrogen) atoms. The number of benzene rings is 1. The van der Waals surface area contributed by atoms with Crippen molar-refractivity contribution >= 4 is 11.8 Å². The largest absolute Gasteiger partial charge is 0.493 e. The number of nitrogens with one attached hydrogen (secondary N) is 1. The Bertz CT molecular complexity index is 615. The van der Waals surface area contributed by atoms with E-state index in [1.807, 2.05) is 0 Å². The average Bonchev–Trinajstić information content (AvgIpc) is 2.60. The van der Waals surface area contributed by atoms with Crippen LogP contribution in [0.15, 0.2) is 18.2 Å². The van der Waals surface area contributed by atoms with Crippen LogP contribution in [0.3, 0.4) is 0 Å². The molecule has 0 saturated heterocycles. The smallest absolute Gasteiger partial charge is 0.258 e. The monoisotopic (exact) mass is 348 g/mol. The highest BCUT2D eigenvalue weighted by Gasteiger charge is 2.24. The van der Waals surface area contributed by atoms with E-state index >= 15 is 0 Å². The van der Waals surface area contributed by atoms with E-state index in [1.165, 1.54) is 18.4 Å². The van der Waals surface area contributed by atoms with Gasteiger partial charge in [-0.15, -0.1) is 0 Å². The summed E-state index contributed by atoms with van der Waals surface area (Å²) in [6.45, 7) is 2.02. The summed E-state index contributed by atoms with van der Waals surface area (Å²) in [5.74, 6) is 0.847. The molecule has 1 saturated carbocycles. The van der Waals surface area contributed by atoms with Gasteiger partial charge in [-0.05, 0) is 30.9 Å². The van der Waals surface area contributed by atoms with Crippen LogP contribution in [0.1, 0.15) is 43.0 Å². The van der Waals surface area contributed by atoms with Gasteiger partial charge in [-0.3, -0.25) is 9.59 Å². The van der Waals surface area contributed by atoms with Crippen LogP contribution in [0, 0.1) is 5.92 Å². The third-order valence-corrected chi connectivity index (χ3v) is 4.64. The molecule has 0 bridgehead atoms. The zero-order chi connectivity index (χ0) is 18.4. The highest BCUT2D eigenvalue weighted by Crippen LogP contribution is 2.31. The Balaban J connectivity index is 2.06. The molecule has 0 radical (unpaired) electrons. The maximum absolute atomic E-state index is 12.3. The fraction of sp³-hybridized carbons (Fsp3) is 0.579. The van der Waals surface area contributed by atoms with Gasteiger partial charge < -0.3 is 19.7 Å². The molecule has 0 spiro atoms. The summed E-state index contributed by atoms with van der Waals surface area (Å²) >= 11 is 0. The Hall–Kier alpha value is -2.24. The molecule has 0 aliphatic heterocycles. The van der Waals surface area contributed by atoms with Gasteiger partial charge in [-0.2, -0.15) is 0 Å². The second kappa shape index (κ2) is 8.74. The number of methoxy groups -OCH3 is 1. The van der Waals surface area contributed by atoms with Gasteiger partial charge in [0.2, 0.25) is 0 Å². The lowest BCUT2D eigenvalue weighted by Gasteiger charge is -2.29. The second-order valence-corrected chi connectivity index (χ2v) is 6.76. The van der Waals surface area contributed by atoms with Crippen molar-refractivity contribution < 1.29 is 19.1 Å². The Morgan fingerprint density at radius 3 is 2.60 bits per heavy atom. The molecule has 0 aromatic heterocycles. The summed E-state index contributed by atoms with van der Waals surface area (Å²) in [4.78, 5) is 26.1. The van der Waals surface area contributed by atoms with Gasteiger partial charge in [-0.1, -0.05) is 25.8 Å². The van der Waals surface area contributed by atoms with E-state index in [-0.39, 0.29) is 24.5 Å². The van der Waals surface area contributed by atoms with Crippen molar-refractivity contribution in [1.29, 1.82) is 0 Å². The molecule has 1 aromatic rings. The summed E-state index contributed by atoms with van der Waals surface area (Å²) in [6, 6.07) is 5.31. The Morgan fingerprint density at radius 2 is 1.96 bits per heavy atom. The van der Waals surface area contributed by atoms with Gasteiger partial charge in [0.25, 0.3) is 11.8 Å². The molecule has 1 aliphatic carbocycles. The van der Waals surface area contributed by atoms with E-state index in [1.54, 1.807) is 32.3 Å². The Morgan fingerprint density at radius 1 is 1.24 bits per heavy atom. The zero-order valence-corrected chi connectivity index (χ0v) is 15.5. The highest BCUT2D eigenvalue weighted by molar-refractivity contribution is 5.97. The summed E-state index contributed by atoms with van der Waals surface area (Å²) in [5.41, 5.74) is 0.378. The molecule has 1 aromatic carbocycles.